The molecule has 0 aliphatic rings. The van der Waals surface area contributed by atoms with Crippen molar-refractivity contribution >= 4 is 18.0 Å². The molecule has 1 rings (SSSR count). The van der Waals surface area contributed by atoms with Crippen molar-refractivity contribution in [3.63, 3.8) is 0 Å². The van der Waals surface area contributed by atoms with Crippen LogP contribution in [0.1, 0.15) is 19.4 Å². The summed E-state index contributed by atoms with van der Waals surface area (Å²) in [5.74, 6) is -1.89. The first-order chi connectivity index (χ1) is 8.22. The lowest BCUT2D eigenvalue weighted by molar-refractivity contribution is -0.135. The van der Waals surface area contributed by atoms with Gasteiger partial charge in [-0.1, -0.05) is 24.8 Å². The highest BCUT2D eigenvalue weighted by molar-refractivity contribution is 5.63. The summed E-state index contributed by atoms with van der Waals surface area (Å²) in [6, 6.07) is 4.73. The monoisotopic (exact) mass is 290 g/mol. The highest BCUT2D eigenvalue weighted by Gasteiger charge is 1.99. The number of phenolic OH excluding ortho intramolecular Hbond substituents is 2. The normalized spacial score (nSPS) is 7.10. The molecular formula is C12H22N2O6. The van der Waals surface area contributed by atoms with Gasteiger partial charge in [0.15, 0.2) is 11.5 Å². The van der Waals surface area contributed by atoms with E-state index in [1.165, 1.54) is 12.1 Å². The standard InChI is InChI=1S/C8H8O2.2C2H4O2.2H3N/c1-2-6-4-3-5-7(9)8(6)10;2*1-2(3)4;;/h2-5,9-10H,1H2;2*1H3,(H,3,4);2*1H3. The SMILES string of the molecule is C=Cc1cccc(O)c1O.CC(=O)O.CC(=O)O.N.N. The van der Waals surface area contributed by atoms with Crippen LogP contribution in [0.3, 0.4) is 0 Å². The summed E-state index contributed by atoms with van der Waals surface area (Å²) in [5, 5.41) is 32.8. The molecule has 0 atom stereocenters. The molecule has 116 valence electrons. The van der Waals surface area contributed by atoms with Gasteiger partial charge in [-0.05, 0) is 6.07 Å². The van der Waals surface area contributed by atoms with Crippen LogP contribution >= 0.6 is 0 Å². The summed E-state index contributed by atoms with van der Waals surface area (Å²) >= 11 is 0. The van der Waals surface area contributed by atoms with E-state index in [0.29, 0.717) is 5.56 Å². The molecule has 1 aromatic rings. The van der Waals surface area contributed by atoms with Crippen LogP contribution in [-0.2, 0) is 9.59 Å². The van der Waals surface area contributed by atoms with Crippen LogP contribution in [0, 0.1) is 0 Å². The van der Waals surface area contributed by atoms with Gasteiger partial charge in [-0.25, -0.2) is 0 Å². The molecule has 0 saturated carbocycles. The highest BCUT2D eigenvalue weighted by atomic mass is 16.4. The Hall–Kier alpha value is -2.58. The minimum absolute atomic E-state index is 0. The molecule has 0 aliphatic heterocycles. The Morgan fingerprint density at radius 2 is 1.40 bits per heavy atom. The number of carboxylic acid groups (broad SMARTS) is 2. The van der Waals surface area contributed by atoms with Gasteiger partial charge in [0.1, 0.15) is 0 Å². The quantitative estimate of drug-likeness (QED) is 0.425. The van der Waals surface area contributed by atoms with Gasteiger partial charge >= 0.3 is 0 Å². The Kier molecular flexibility index (Phi) is 18.9. The number of rotatable bonds is 1. The predicted molar refractivity (Wildman–Crippen MR) is 76.5 cm³/mol. The molecule has 8 nitrogen and oxygen atoms in total. The van der Waals surface area contributed by atoms with Crippen molar-refractivity contribution < 1.29 is 30.0 Å². The zero-order valence-electron chi connectivity index (χ0n) is 11.5. The zero-order chi connectivity index (χ0) is 14.7. The molecular weight excluding hydrogens is 268 g/mol. The fourth-order valence-corrected chi connectivity index (χ4v) is 0.713. The Morgan fingerprint density at radius 1 is 1.05 bits per heavy atom. The van der Waals surface area contributed by atoms with E-state index in [0.717, 1.165) is 13.8 Å². The van der Waals surface area contributed by atoms with Gasteiger partial charge in [-0.15, -0.1) is 0 Å². The van der Waals surface area contributed by atoms with Gasteiger partial charge in [0.05, 0.1) is 0 Å². The van der Waals surface area contributed by atoms with E-state index < -0.39 is 11.9 Å². The van der Waals surface area contributed by atoms with Gasteiger partial charge in [0.25, 0.3) is 11.9 Å². The number of para-hydroxylation sites is 1. The molecule has 0 aliphatic carbocycles. The number of aliphatic carboxylic acids is 2. The van der Waals surface area contributed by atoms with Gasteiger partial charge in [-0.3, -0.25) is 9.59 Å². The van der Waals surface area contributed by atoms with Crippen molar-refractivity contribution in [2.45, 2.75) is 13.8 Å². The number of aromatic hydroxyl groups is 2. The van der Waals surface area contributed by atoms with Crippen molar-refractivity contribution in [2.24, 2.45) is 0 Å². The molecule has 0 spiro atoms. The summed E-state index contributed by atoms with van der Waals surface area (Å²) in [7, 11) is 0. The van der Waals surface area contributed by atoms with Crippen LogP contribution < -0.4 is 12.3 Å². The van der Waals surface area contributed by atoms with Crippen molar-refractivity contribution in [3.8, 4) is 11.5 Å². The lowest BCUT2D eigenvalue weighted by Crippen LogP contribution is -1.78. The van der Waals surface area contributed by atoms with Gasteiger partial charge in [0, 0.05) is 19.4 Å². The Balaban J connectivity index is -0.000000110. The van der Waals surface area contributed by atoms with Gasteiger partial charge in [-0.2, -0.15) is 0 Å². The van der Waals surface area contributed by atoms with Crippen molar-refractivity contribution in [1.82, 2.24) is 12.3 Å². The zero-order valence-corrected chi connectivity index (χ0v) is 11.5. The third kappa shape index (κ3) is 17.8. The Morgan fingerprint density at radius 3 is 1.65 bits per heavy atom. The lowest BCUT2D eigenvalue weighted by Gasteiger charge is -1.98. The average molecular weight is 290 g/mol. The summed E-state index contributed by atoms with van der Waals surface area (Å²) in [5.41, 5.74) is 0.542. The highest BCUT2D eigenvalue weighted by Crippen LogP contribution is 2.28. The molecule has 0 unspecified atom stereocenters. The summed E-state index contributed by atoms with van der Waals surface area (Å²) in [4.78, 5) is 18.0. The fraction of sp³-hybridized carbons (Fsp3) is 0.167. The van der Waals surface area contributed by atoms with E-state index in [1.807, 2.05) is 0 Å². The van der Waals surface area contributed by atoms with Crippen molar-refractivity contribution in [1.29, 1.82) is 0 Å². The van der Waals surface area contributed by atoms with E-state index in [4.69, 9.17) is 30.0 Å². The van der Waals surface area contributed by atoms with Gasteiger partial charge in [0.2, 0.25) is 0 Å². The van der Waals surface area contributed by atoms with E-state index >= 15 is 0 Å². The fourth-order valence-electron chi connectivity index (χ4n) is 0.713. The van der Waals surface area contributed by atoms with E-state index in [1.54, 1.807) is 12.1 Å². The van der Waals surface area contributed by atoms with E-state index in [2.05, 4.69) is 6.58 Å². The molecule has 1 aromatic carbocycles. The average Bonchev–Trinajstić information content (AvgIpc) is 2.20. The van der Waals surface area contributed by atoms with E-state index in [-0.39, 0.29) is 23.8 Å². The number of benzene rings is 1. The summed E-state index contributed by atoms with van der Waals surface area (Å²) in [6.45, 7) is 5.63. The topological polar surface area (TPSA) is 185 Å². The third-order valence-electron chi connectivity index (χ3n) is 1.27. The second kappa shape index (κ2) is 14.5. The van der Waals surface area contributed by atoms with Crippen LogP contribution in [0.4, 0.5) is 0 Å². The first kappa shape index (κ1) is 26.1. The minimum Gasteiger partial charge on any atom is -0.504 e. The van der Waals surface area contributed by atoms with Crippen LogP contribution in [0.5, 0.6) is 11.5 Å². The third-order valence-corrected chi connectivity index (χ3v) is 1.27. The molecule has 0 radical (unpaired) electrons. The molecule has 0 saturated heterocycles. The number of phenols is 2. The molecule has 0 amide bonds. The van der Waals surface area contributed by atoms with E-state index in [9.17, 15) is 0 Å². The maximum absolute atomic E-state index is 9.08. The maximum atomic E-state index is 9.08. The predicted octanol–water partition coefficient (Wildman–Crippen LogP) is 2.25. The number of hydrogen-bond donors (Lipinski definition) is 6. The minimum atomic E-state index is -0.833. The molecule has 20 heavy (non-hydrogen) atoms. The molecule has 0 bridgehead atoms. The molecule has 0 aromatic heterocycles. The van der Waals surface area contributed by atoms with Crippen LogP contribution in [-0.4, -0.2) is 32.4 Å². The summed E-state index contributed by atoms with van der Waals surface area (Å²) in [6.07, 6.45) is 1.48. The van der Waals surface area contributed by atoms with Gasteiger partial charge < -0.3 is 32.7 Å². The lowest BCUT2D eigenvalue weighted by atomic mass is 10.2. The second-order valence-electron chi connectivity index (χ2n) is 2.96. The maximum Gasteiger partial charge on any atom is 0.300 e. The van der Waals surface area contributed by atoms with Crippen molar-refractivity contribution in [2.75, 3.05) is 0 Å². The number of hydrogen-bond acceptors (Lipinski definition) is 6. The number of carbonyl (C=O) groups is 2. The first-order valence-electron chi connectivity index (χ1n) is 4.74. The summed E-state index contributed by atoms with van der Waals surface area (Å²) < 4.78 is 0. The number of carboxylic acids is 2. The second-order valence-corrected chi connectivity index (χ2v) is 2.96. The molecule has 0 fully saturated rings. The van der Waals surface area contributed by atoms with Crippen LogP contribution in [0.25, 0.3) is 6.08 Å². The first-order valence-corrected chi connectivity index (χ1v) is 4.74. The smallest absolute Gasteiger partial charge is 0.300 e. The Bertz CT molecular complexity index is 400. The van der Waals surface area contributed by atoms with Crippen LogP contribution in [0.15, 0.2) is 24.8 Å². The van der Waals surface area contributed by atoms with Crippen molar-refractivity contribution in [3.05, 3.63) is 30.3 Å². The largest absolute Gasteiger partial charge is 0.504 e. The van der Waals surface area contributed by atoms with Crippen LogP contribution in [0.2, 0.25) is 0 Å². The molecule has 8 heteroatoms. The Labute approximate surface area is 117 Å². The molecule has 0 heterocycles. The molecule has 10 N–H and O–H groups in total.